The van der Waals surface area contributed by atoms with Gasteiger partial charge in [-0.2, -0.15) is 0 Å². The molecular formula is C22H17Cl2N3O5S. The van der Waals surface area contributed by atoms with Crippen LogP contribution in [0.4, 0.5) is 5.69 Å². The monoisotopic (exact) mass is 505 g/mol. The van der Waals surface area contributed by atoms with Crippen LogP contribution < -0.4 is 20.6 Å². The van der Waals surface area contributed by atoms with Gasteiger partial charge < -0.3 is 14.7 Å². The van der Waals surface area contributed by atoms with E-state index in [2.05, 4.69) is 14.7 Å². The molecule has 0 saturated heterocycles. The number of aryl methyl sites for hydroxylation is 1. The van der Waals surface area contributed by atoms with Gasteiger partial charge >= 0.3 is 11.1 Å². The quantitative estimate of drug-likeness (QED) is 0.349. The van der Waals surface area contributed by atoms with Gasteiger partial charge in [-0.1, -0.05) is 35.3 Å². The molecule has 0 aliphatic rings. The van der Waals surface area contributed by atoms with Crippen LogP contribution in [-0.4, -0.2) is 25.5 Å². The lowest BCUT2D eigenvalue weighted by molar-refractivity contribution is 0.415. The molecule has 11 heteroatoms. The van der Waals surface area contributed by atoms with Crippen molar-refractivity contribution in [2.45, 2.75) is 11.8 Å². The van der Waals surface area contributed by atoms with Crippen LogP contribution in [0.1, 0.15) is 5.56 Å². The maximum atomic E-state index is 13.1. The first-order chi connectivity index (χ1) is 15.6. The van der Waals surface area contributed by atoms with Gasteiger partial charge in [0.2, 0.25) is 0 Å². The van der Waals surface area contributed by atoms with E-state index in [4.69, 9.17) is 27.9 Å². The molecule has 0 bridgehead atoms. The van der Waals surface area contributed by atoms with Crippen LogP contribution >= 0.6 is 23.2 Å². The number of aromatic amines is 2. The average Bonchev–Trinajstić information content (AvgIpc) is 2.75. The average molecular weight is 506 g/mol. The Morgan fingerprint density at radius 3 is 2.18 bits per heavy atom. The molecule has 4 aromatic rings. The number of ether oxygens (including phenoxy) is 1. The highest BCUT2D eigenvalue weighted by Crippen LogP contribution is 2.35. The number of rotatable bonds is 5. The SMILES string of the molecule is COc1cc(-c2ccc(NS(=O)(=O)c3cc4[nH]c(=O)c(=O)[nH]c4cc3C)cc2Cl)ccc1Cl. The number of anilines is 1. The Balaban J connectivity index is 1.70. The Morgan fingerprint density at radius 2 is 1.55 bits per heavy atom. The predicted octanol–water partition coefficient (Wildman–Crippen LogP) is 4.31. The van der Waals surface area contributed by atoms with Gasteiger partial charge in [-0.05, 0) is 54.4 Å². The molecule has 1 heterocycles. The molecule has 0 aliphatic carbocycles. The highest BCUT2D eigenvalue weighted by molar-refractivity contribution is 7.92. The molecule has 170 valence electrons. The first kappa shape index (κ1) is 22.9. The standard InChI is InChI=1S/C22H17Cl2N3O5S/c1-11-7-17-18(26-22(29)21(28)25-17)10-20(11)33(30,31)27-13-4-5-14(16(24)9-13)12-3-6-15(23)19(8-12)32-2/h3-10,27H,1-2H3,(H,25,28)(H,26,29). The van der Waals surface area contributed by atoms with E-state index in [0.29, 0.717) is 32.4 Å². The second-order valence-electron chi connectivity index (χ2n) is 7.22. The van der Waals surface area contributed by atoms with Gasteiger partial charge in [0.1, 0.15) is 5.75 Å². The molecule has 0 amide bonds. The Morgan fingerprint density at radius 1 is 0.879 bits per heavy atom. The summed E-state index contributed by atoms with van der Waals surface area (Å²) in [6.07, 6.45) is 0. The second kappa shape index (κ2) is 8.58. The van der Waals surface area contributed by atoms with Crippen LogP contribution in [0.25, 0.3) is 22.2 Å². The highest BCUT2D eigenvalue weighted by Gasteiger charge is 2.19. The van der Waals surface area contributed by atoms with Crippen molar-refractivity contribution in [2.75, 3.05) is 11.8 Å². The minimum absolute atomic E-state index is 0.0552. The number of aromatic nitrogens is 2. The van der Waals surface area contributed by atoms with Crippen molar-refractivity contribution in [3.8, 4) is 16.9 Å². The summed E-state index contributed by atoms with van der Waals surface area (Å²) in [6.45, 7) is 1.58. The third-order valence-electron chi connectivity index (χ3n) is 4.99. The molecule has 0 saturated carbocycles. The summed E-state index contributed by atoms with van der Waals surface area (Å²) in [7, 11) is -2.52. The molecule has 0 unspecified atom stereocenters. The van der Waals surface area contributed by atoms with Gasteiger partial charge in [0.25, 0.3) is 10.0 Å². The highest BCUT2D eigenvalue weighted by atomic mass is 35.5. The molecule has 0 spiro atoms. The number of methoxy groups -OCH3 is 1. The van der Waals surface area contributed by atoms with Gasteiger partial charge in [0.05, 0.1) is 38.8 Å². The Kier molecular flexibility index (Phi) is 5.96. The van der Waals surface area contributed by atoms with Gasteiger partial charge in [-0.15, -0.1) is 0 Å². The summed E-state index contributed by atoms with van der Waals surface area (Å²) in [4.78, 5) is 27.9. The molecule has 1 aromatic heterocycles. The van der Waals surface area contributed by atoms with Gasteiger partial charge in [0, 0.05) is 5.56 Å². The van der Waals surface area contributed by atoms with Crippen molar-refractivity contribution < 1.29 is 13.2 Å². The Labute approximate surface area is 198 Å². The number of H-pyrrole nitrogens is 2. The predicted molar refractivity (Wildman–Crippen MR) is 129 cm³/mol. The maximum Gasteiger partial charge on any atom is 0.314 e. The lowest BCUT2D eigenvalue weighted by Gasteiger charge is -2.13. The zero-order valence-corrected chi connectivity index (χ0v) is 19.7. The molecule has 8 nitrogen and oxygen atoms in total. The van der Waals surface area contributed by atoms with Gasteiger partial charge in [0.15, 0.2) is 0 Å². The van der Waals surface area contributed by atoms with E-state index < -0.39 is 21.1 Å². The summed E-state index contributed by atoms with van der Waals surface area (Å²) < 4.78 is 33.8. The first-order valence-electron chi connectivity index (χ1n) is 9.52. The molecule has 0 fully saturated rings. The van der Waals surface area contributed by atoms with Crippen LogP contribution in [-0.2, 0) is 10.0 Å². The van der Waals surface area contributed by atoms with Gasteiger partial charge in [-0.3, -0.25) is 14.3 Å². The topological polar surface area (TPSA) is 121 Å². The number of fused-ring (bicyclic) bond motifs is 1. The van der Waals surface area contributed by atoms with Crippen molar-refractivity contribution in [2.24, 2.45) is 0 Å². The second-order valence-corrected chi connectivity index (χ2v) is 9.69. The van der Waals surface area contributed by atoms with E-state index in [0.717, 1.165) is 5.56 Å². The number of nitrogens with one attached hydrogen (secondary N) is 3. The van der Waals surface area contributed by atoms with Crippen molar-refractivity contribution in [3.05, 3.63) is 84.8 Å². The lowest BCUT2D eigenvalue weighted by Crippen LogP contribution is -2.29. The summed E-state index contributed by atoms with van der Waals surface area (Å²) in [5.41, 5.74) is 0.870. The maximum absolute atomic E-state index is 13.1. The van der Waals surface area contributed by atoms with Crippen molar-refractivity contribution in [3.63, 3.8) is 0 Å². The molecule has 3 aromatic carbocycles. The largest absolute Gasteiger partial charge is 0.495 e. The number of hydrogen-bond acceptors (Lipinski definition) is 5. The van der Waals surface area contributed by atoms with Crippen LogP contribution in [0, 0.1) is 6.92 Å². The van der Waals surface area contributed by atoms with Gasteiger partial charge in [-0.25, -0.2) is 8.42 Å². The van der Waals surface area contributed by atoms with E-state index in [1.54, 1.807) is 37.3 Å². The number of benzene rings is 3. The van der Waals surface area contributed by atoms with E-state index in [-0.39, 0.29) is 16.1 Å². The van der Waals surface area contributed by atoms with Crippen LogP contribution in [0.3, 0.4) is 0 Å². The molecule has 4 rings (SSSR count). The fourth-order valence-electron chi connectivity index (χ4n) is 3.39. The fourth-order valence-corrected chi connectivity index (χ4v) is 5.18. The number of hydrogen-bond donors (Lipinski definition) is 3. The van der Waals surface area contributed by atoms with Crippen LogP contribution in [0.15, 0.2) is 63.0 Å². The van der Waals surface area contributed by atoms with Crippen molar-refractivity contribution in [1.82, 2.24) is 9.97 Å². The smallest absolute Gasteiger partial charge is 0.314 e. The zero-order chi connectivity index (χ0) is 23.9. The van der Waals surface area contributed by atoms with Crippen LogP contribution in [0.2, 0.25) is 10.0 Å². The van der Waals surface area contributed by atoms with E-state index >= 15 is 0 Å². The van der Waals surface area contributed by atoms with Crippen LogP contribution in [0.5, 0.6) is 5.75 Å². The molecular weight excluding hydrogens is 489 g/mol. The number of halogens is 2. The van der Waals surface area contributed by atoms with E-state index in [1.165, 1.54) is 25.3 Å². The molecule has 0 atom stereocenters. The minimum atomic E-state index is -4.03. The van der Waals surface area contributed by atoms with Crippen molar-refractivity contribution in [1.29, 1.82) is 0 Å². The molecule has 33 heavy (non-hydrogen) atoms. The normalized spacial score (nSPS) is 11.5. The molecule has 3 N–H and O–H groups in total. The lowest BCUT2D eigenvalue weighted by atomic mass is 10.0. The summed E-state index contributed by atoms with van der Waals surface area (Å²) in [6, 6.07) is 12.7. The third-order valence-corrected chi connectivity index (χ3v) is 7.14. The summed E-state index contributed by atoms with van der Waals surface area (Å²) >= 11 is 12.5. The van der Waals surface area contributed by atoms with Crippen molar-refractivity contribution >= 4 is 49.9 Å². The zero-order valence-electron chi connectivity index (χ0n) is 17.3. The summed E-state index contributed by atoms with van der Waals surface area (Å²) in [5, 5.41) is 0.773. The fraction of sp³-hybridized carbons (Fsp3) is 0.0909. The minimum Gasteiger partial charge on any atom is -0.495 e. The van der Waals surface area contributed by atoms with E-state index in [9.17, 15) is 18.0 Å². The first-order valence-corrected chi connectivity index (χ1v) is 11.8. The Bertz CT molecular complexity index is 1630. The third kappa shape index (κ3) is 4.47. The molecule has 0 radical (unpaired) electrons. The van der Waals surface area contributed by atoms with E-state index in [1.807, 2.05) is 0 Å². The summed E-state index contributed by atoms with van der Waals surface area (Å²) in [5.74, 6) is 0.487. The molecule has 0 aliphatic heterocycles. The number of sulfonamides is 1. The Hall–Kier alpha value is -3.27.